The standard InChI is InChI=1S/C32H29N3O2/c1-4-32(2,3)23-9-13-25(14-10-23)37-26-15-11-24(12-16-26)34-31(36)28-21-30(22-17-19-33-20-18-22)35-29-8-6-5-7-27(28)29/h5-21H,4H2,1-3H3,(H,34,36). The first kappa shape index (κ1) is 24.2. The first-order chi connectivity index (χ1) is 17.9. The highest BCUT2D eigenvalue weighted by atomic mass is 16.5. The molecule has 0 atom stereocenters. The molecule has 1 N–H and O–H groups in total. The van der Waals surface area contributed by atoms with Crippen LogP contribution in [0.5, 0.6) is 11.5 Å². The molecule has 3 aromatic carbocycles. The van der Waals surface area contributed by atoms with Gasteiger partial charge in [-0.1, -0.05) is 51.1 Å². The predicted molar refractivity (Wildman–Crippen MR) is 149 cm³/mol. The number of anilines is 1. The number of carbonyl (C=O) groups is 1. The van der Waals surface area contributed by atoms with Crippen LogP contribution >= 0.6 is 0 Å². The number of hydrogen-bond donors (Lipinski definition) is 1. The second-order valence-electron chi connectivity index (χ2n) is 9.65. The van der Waals surface area contributed by atoms with Crippen molar-refractivity contribution in [3.63, 3.8) is 0 Å². The van der Waals surface area contributed by atoms with E-state index in [1.807, 2.05) is 78.9 Å². The molecule has 37 heavy (non-hydrogen) atoms. The Balaban J connectivity index is 1.34. The Morgan fingerprint density at radius 2 is 1.51 bits per heavy atom. The van der Waals surface area contributed by atoms with E-state index in [0.717, 1.165) is 34.3 Å². The smallest absolute Gasteiger partial charge is 0.256 e. The Morgan fingerprint density at radius 3 is 2.19 bits per heavy atom. The Kier molecular flexibility index (Phi) is 6.69. The van der Waals surface area contributed by atoms with E-state index in [1.54, 1.807) is 12.4 Å². The highest BCUT2D eigenvalue weighted by Gasteiger charge is 2.18. The van der Waals surface area contributed by atoms with Gasteiger partial charge in [-0.2, -0.15) is 0 Å². The molecule has 1 amide bonds. The van der Waals surface area contributed by atoms with Crippen molar-refractivity contribution < 1.29 is 9.53 Å². The van der Waals surface area contributed by atoms with Crippen LogP contribution in [0.25, 0.3) is 22.2 Å². The van der Waals surface area contributed by atoms with Gasteiger partial charge < -0.3 is 10.1 Å². The number of amides is 1. The van der Waals surface area contributed by atoms with Crippen LogP contribution in [-0.4, -0.2) is 15.9 Å². The van der Waals surface area contributed by atoms with E-state index in [0.29, 0.717) is 17.0 Å². The Bertz CT molecular complexity index is 1530. The zero-order chi connectivity index (χ0) is 25.8. The van der Waals surface area contributed by atoms with E-state index < -0.39 is 0 Å². The number of nitrogens with one attached hydrogen (secondary N) is 1. The molecule has 0 unspecified atom stereocenters. The largest absolute Gasteiger partial charge is 0.457 e. The summed E-state index contributed by atoms with van der Waals surface area (Å²) in [5, 5.41) is 3.81. The Labute approximate surface area is 217 Å². The fraction of sp³-hybridized carbons (Fsp3) is 0.156. The van der Waals surface area contributed by atoms with Gasteiger partial charge in [0.05, 0.1) is 16.8 Å². The summed E-state index contributed by atoms with van der Waals surface area (Å²) < 4.78 is 6.02. The van der Waals surface area contributed by atoms with Crippen LogP contribution < -0.4 is 10.1 Å². The molecular weight excluding hydrogens is 458 g/mol. The lowest BCUT2D eigenvalue weighted by Crippen LogP contribution is -2.14. The van der Waals surface area contributed by atoms with Gasteiger partial charge >= 0.3 is 0 Å². The van der Waals surface area contributed by atoms with E-state index in [-0.39, 0.29) is 11.3 Å². The molecule has 0 spiro atoms. The number of nitrogens with zero attached hydrogens (tertiary/aromatic N) is 2. The van der Waals surface area contributed by atoms with Gasteiger partial charge in [0.25, 0.3) is 5.91 Å². The van der Waals surface area contributed by atoms with Crippen LogP contribution in [0.4, 0.5) is 5.69 Å². The van der Waals surface area contributed by atoms with Gasteiger partial charge in [0.15, 0.2) is 0 Å². The van der Waals surface area contributed by atoms with Gasteiger partial charge in [-0.25, -0.2) is 4.98 Å². The molecule has 5 rings (SSSR count). The average Bonchev–Trinajstić information content (AvgIpc) is 2.94. The summed E-state index contributed by atoms with van der Waals surface area (Å²) in [4.78, 5) is 22.2. The van der Waals surface area contributed by atoms with Crippen molar-refractivity contribution in [3.8, 4) is 22.8 Å². The fourth-order valence-electron chi connectivity index (χ4n) is 4.15. The number of aromatic nitrogens is 2. The zero-order valence-corrected chi connectivity index (χ0v) is 21.2. The topological polar surface area (TPSA) is 64.1 Å². The van der Waals surface area contributed by atoms with Crippen molar-refractivity contribution in [2.45, 2.75) is 32.6 Å². The molecule has 0 aliphatic heterocycles. The summed E-state index contributed by atoms with van der Waals surface area (Å²) in [5.41, 5.74) is 5.06. The highest BCUT2D eigenvalue weighted by molar-refractivity contribution is 6.13. The molecule has 2 heterocycles. The maximum Gasteiger partial charge on any atom is 0.256 e. The van der Waals surface area contributed by atoms with Gasteiger partial charge in [-0.15, -0.1) is 0 Å². The van der Waals surface area contributed by atoms with Gasteiger partial charge in [0.1, 0.15) is 11.5 Å². The van der Waals surface area contributed by atoms with Crippen molar-refractivity contribution in [3.05, 3.63) is 115 Å². The van der Waals surface area contributed by atoms with Crippen molar-refractivity contribution in [1.29, 1.82) is 0 Å². The number of pyridine rings is 2. The van der Waals surface area contributed by atoms with E-state index in [2.05, 4.69) is 43.2 Å². The van der Waals surface area contributed by atoms with Gasteiger partial charge in [0, 0.05) is 29.0 Å². The van der Waals surface area contributed by atoms with Crippen molar-refractivity contribution in [2.75, 3.05) is 5.32 Å². The average molecular weight is 488 g/mol. The van der Waals surface area contributed by atoms with Crippen LogP contribution in [0.2, 0.25) is 0 Å². The van der Waals surface area contributed by atoms with Crippen molar-refractivity contribution in [2.24, 2.45) is 0 Å². The first-order valence-corrected chi connectivity index (χ1v) is 12.4. The Hall–Kier alpha value is -4.51. The van der Waals surface area contributed by atoms with Gasteiger partial charge in [-0.3, -0.25) is 9.78 Å². The number of para-hydroxylation sites is 1. The quantitative estimate of drug-likeness (QED) is 0.252. The molecule has 0 bridgehead atoms. The monoisotopic (exact) mass is 487 g/mol. The minimum absolute atomic E-state index is 0.137. The summed E-state index contributed by atoms with van der Waals surface area (Å²) in [6.07, 6.45) is 4.51. The van der Waals surface area contributed by atoms with Crippen LogP contribution in [0.15, 0.2) is 103 Å². The summed E-state index contributed by atoms with van der Waals surface area (Å²) in [6.45, 7) is 6.68. The third kappa shape index (κ3) is 5.36. The molecule has 0 radical (unpaired) electrons. The molecule has 184 valence electrons. The van der Waals surface area contributed by atoms with Crippen LogP contribution in [-0.2, 0) is 5.41 Å². The highest BCUT2D eigenvalue weighted by Crippen LogP contribution is 2.30. The number of fused-ring (bicyclic) bond motifs is 1. The molecule has 5 aromatic rings. The van der Waals surface area contributed by atoms with E-state index >= 15 is 0 Å². The predicted octanol–water partition coefficient (Wildman–Crippen LogP) is 8.03. The molecule has 0 aliphatic rings. The summed E-state index contributed by atoms with van der Waals surface area (Å²) in [6, 6.07) is 28.9. The van der Waals surface area contributed by atoms with E-state index in [1.165, 1.54) is 5.56 Å². The Morgan fingerprint density at radius 1 is 0.865 bits per heavy atom. The maximum absolute atomic E-state index is 13.3. The lowest BCUT2D eigenvalue weighted by molar-refractivity contribution is 0.102. The van der Waals surface area contributed by atoms with E-state index in [9.17, 15) is 4.79 Å². The third-order valence-electron chi connectivity index (χ3n) is 6.80. The van der Waals surface area contributed by atoms with Crippen molar-refractivity contribution in [1.82, 2.24) is 9.97 Å². The summed E-state index contributed by atoms with van der Waals surface area (Å²) in [5.74, 6) is 1.28. The minimum atomic E-state index is -0.197. The second-order valence-corrected chi connectivity index (χ2v) is 9.65. The second kappa shape index (κ2) is 10.2. The molecule has 0 saturated heterocycles. The fourth-order valence-corrected chi connectivity index (χ4v) is 4.15. The lowest BCUT2D eigenvalue weighted by atomic mass is 9.82. The molecule has 5 heteroatoms. The SMILES string of the molecule is CCC(C)(C)c1ccc(Oc2ccc(NC(=O)c3cc(-c4ccncc4)nc4ccccc34)cc2)cc1. The van der Waals surface area contributed by atoms with Gasteiger partial charge in [-0.05, 0) is 78.1 Å². The third-order valence-corrected chi connectivity index (χ3v) is 6.80. The first-order valence-electron chi connectivity index (χ1n) is 12.4. The number of hydrogen-bond acceptors (Lipinski definition) is 4. The molecule has 0 aliphatic carbocycles. The maximum atomic E-state index is 13.3. The van der Waals surface area contributed by atoms with E-state index in [4.69, 9.17) is 9.72 Å². The van der Waals surface area contributed by atoms with Crippen LogP contribution in [0.3, 0.4) is 0 Å². The molecular formula is C32H29N3O2. The summed E-state index contributed by atoms with van der Waals surface area (Å²) in [7, 11) is 0. The van der Waals surface area contributed by atoms with Gasteiger partial charge in [0.2, 0.25) is 0 Å². The molecule has 2 aromatic heterocycles. The number of rotatable bonds is 7. The summed E-state index contributed by atoms with van der Waals surface area (Å²) >= 11 is 0. The molecule has 5 nitrogen and oxygen atoms in total. The zero-order valence-electron chi connectivity index (χ0n) is 21.2. The number of benzene rings is 3. The van der Waals surface area contributed by atoms with Crippen molar-refractivity contribution >= 4 is 22.5 Å². The minimum Gasteiger partial charge on any atom is -0.457 e. The van der Waals surface area contributed by atoms with Crippen LogP contribution in [0.1, 0.15) is 43.1 Å². The normalized spacial score (nSPS) is 11.3. The number of carbonyl (C=O) groups excluding carboxylic acids is 1. The van der Waals surface area contributed by atoms with Crippen LogP contribution in [0, 0.1) is 0 Å². The lowest BCUT2D eigenvalue weighted by Gasteiger charge is -2.23. The number of ether oxygens (including phenoxy) is 1. The molecule has 0 fully saturated rings. The molecule has 0 saturated carbocycles.